The molecule has 8 nitrogen and oxygen atoms in total. The molecule has 4 rings (SSSR count). The van der Waals surface area contributed by atoms with E-state index in [2.05, 4.69) is 20.4 Å². The fourth-order valence-corrected chi connectivity index (χ4v) is 3.23. The van der Waals surface area contributed by atoms with Crippen LogP contribution >= 0.6 is 0 Å². The molecule has 0 saturated carbocycles. The molecule has 0 saturated heterocycles. The van der Waals surface area contributed by atoms with Crippen LogP contribution in [0.15, 0.2) is 60.9 Å². The molecule has 0 aliphatic rings. The van der Waals surface area contributed by atoms with Crippen molar-refractivity contribution in [3.8, 4) is 0 Å². The second-order valence-electron chi connectivity index (χ2n) is 6.80. The van der Waals surface area contributed by atoms with Gasteiger partial charge in [-0.15, -0.1) is 5.10 Å². The van der Waals surface area contributed by atoms with Gasteiger partial charge in [-0.2, -0.15) is 0 Å². The lowest BCUT2D eigenvalue weighted by molar-refractivity contribution is 0.0941. The normalized spacial score (nSPS) is 12.2. The molecule has 1 amide bonds. The second-order valence-corrected chi connectivity index (χ2v) is 6.80. The number of hydrogen-bond donors (Lipinski definition) is 2. The SMILES string of the molecule is Cn1c(CCNC(=O)c2ncn(C[C@H](O)c3ccccc3)n2)nc2ccccc21. The summed E-state index contributed by atoms with van der Waals surface area (Å²) >= 11 is 0. The highest BCUT2D eigenvalue weighted by Crippen LogP contribution is 2.15. The number of carbonyl (C=O) groups is 1. The first-order valence-corrected chi connectivity index (χ1v) is 9.43. The van der Waals surface area contributed by atoms with Crippen LogP contribution in [0.4, 0.5) is 0 Å². The van der Waals surface area contributed by atoms with Gasteiger partial charge in [0.25, 0.3) is 5.91 Å². The molecule has 4 aromatic rings. The number of nitrogens with zero attached hydrogens (tertiary/aromatic N) is 5. The molecule has 8 heteroatoms. The number of amides is 1. The minimum absolute atomic E-state index is 0.0789. The Kier molecular flexibility index (Phi) is 5.35. The van der Waals surface area contributed by atoms with Gasteiger partial charge in [0.05, 0.1) is 23.7 Å². The van der Waals surface area contributed by atoms with Crippen LogP contribution in [0.25, 0.3) is 11.0 Å². The average molecular weight is 390 g/mol. The minimum Gasteiger partial charge on any atom is -0.386 e. The average Bonchev–Trinajstić information content (AvgIpc) is 3.34. The van der Waals surface area contributed by atoms with Crippen molar-refractivity contribution in [1.29, 1.82) is 0 Å². The van der Waals surface area contributed by atoms with Gasteiger partial charge in [0.1, 0.15) is 12.2 Å². The number of imidazole rings is 1. The summed E-state index contributed by atoms with van der Waals surface area (Å²) in [6, 6.07) is 17.2. The van der Waals surface area contributed by atoms with Crippen LogP contribution in [0, 0.1) is 0 Å². The van der Waals surface area contributed by atoms with Gasteiger partial charge in [-0.3, -0.25) is 4.79 Å². The predicted molar refractivity (Wildman–Crippen MR) is 108 cm³/mol. The Morgan fingerprint density at radius 3 is 2.69 bits per heavy atom. The van der Waals surface area contributed by atoms with Gasteiger partial charge in [0.2, 0.25) is 5.82 Å². The number of aromatic nitrogens is 5. The van der Waals surface area contributed by atoms with Crippen LogP contribution in [0.3, 0.4) is 0 Å². The largest absolute Gasteiger partial charge is 0.386 e. The van der Waals surface area contributed by atoms with Gasteiger partial charge in [-0.05, 0) is 17.7 Å². The highest BCUT2D eigenvalue weighted by Gasteiger charge is 2.14. The van der Waals surface area contributed by atoms with E-state index < -0.39 is 6.10 Å². The van der Waals surface area contributed by atoms with E-state index >= 15 is 0 Å². The van der Waals surface area contributed by atoms with Gasteiger partial charge >= 0.3 is 0 Å². The lowest BCUT2D eigenvalue weighted by Crippen LogP contribution is -2.27. The fourth-order valence-electron chi connectivity index (χ4n) is 3.23. The van der Waals surface area contributed by atoms with Gasteiger partial charge in [0, 0.05) is 20.0 Å². The molecule has 0 bridgehead atoms. The second kappa shape index (κ2) is 8.24. The van der Waals surface area contributed by atoms with E-state index in [-0.39, 0.29) is 18.3 Å². The van der Waals surface area contributed by atoms with Crippen molar-refractivity contribution >= 4 is 16.9 Å². The summed E-state index contributed by atoms with van der Waals surface area (Å²) in [6.07, 6.45) is 1.34. The number of hydrogen-bond acceptors (Lipinski definition) is 5. The van der Waals surface area contributed by atoms with Crippen molar-refractivity contribution in [2.24, 2.45) is 7.05 Å². The van der Waals surface area contributed by atoms with Gasteiger partial charge in [-0.25, -0.2) is 14.6 Å². The number of benzene rings is 2. The third-order valence-corrected chi connectivity index (χ3v) is 4.80. The van der Waals surface area contributed by atoms with Crippen LogP contribution in [0.5, 0.6) is 0 Å². The Hall–Kier alpha value is -3.52. The maximum atomic E-state index is 12.3. The molecule has 2 N–H and O–H groups in total. The molecule has 1 atom stereocenters. The maximum absolute atomic E-state index is 12.3. The van der Waals surface area contributed by atoms with Crippen molar-refractivity contribution in [3.63, 3.8) is 0 Å². The van der Waals surface area contributed by atoms with Crippen molar-refractivity contribution in [2.45, 2.75) is 19.1 Å². The third kappa shape index (κ3) is 4.17. The number of aliphatic hydroxyl groups is 1. The van der Waals surface area contributed by atoms with Crippen LogP contribution < -0.4 is 5.32 Å². The summed E-state index contributed by atoms with van der Waals surface area (Å²) in [5, 5.41) is 17.3. The number of rotatable bonds is 7. The van der Waals surface area contributed by atoms with Crippen molar-refractivity contribution in [1.82, 2.24) is 29.6 Å². The molecule has 2 heterocycles. The Labute approximate surface area is 167 Å². The lowest BCUT2D eigenvalue weighted by atomic mass is 10.1. The molecule has 2 aromatic carbocycles. The van der Waals surface area contributed by atoms with Crippen LogP contribution in [-0.2, 0) is 20.0 Å². The van der Waals surface area contributed by atoms with E-state index in [9.17, 15) is 9.90 Å². The highest BCUT2D eigenvalue weighted by molar-refractivity contribution is 5.90. The Bertz CT molecular complexity index is 1120. The number of aliphatic hydroxyl groups excluding tert-OH is 1. The fraction of sp³-hybridized carbons (Fsp3) is 0.238. The molecule has 148 valence electrons. The predicted octanol–water partition coefficient (Wildman–Crippen LogP) is 1.87. The first-order valence-electron chi connectivity index (χ1n) is 9.43. The van der Waals surface area contributed by atoms with Gasteiger partial charge < -0.3 is 15.0 Å². The summed E-state index contributed by atoms with van der Waals surface area (Å²) in [6.45, 7) is 0.654. The number of carbonyl (C=O) groups excluding carboxylic acids is 1. The van der Waals surface area contributed by atoms with E-state index in [4.69, 9.17) is 0 Å². The zero-order chi connectivity index (χ0) is 20.2. The molecular formula is C21H22N6O2. The van der Waals surface area contributed by atoms with E-state index in [1.807, 2.05) is 66.2 Å². The molecule has 0 aliphatic carbocycles. The van der Waals surface area contributed by atoms with E-state index in [1.54, 1.807) is 0 Å². The first-order chi connectivity index (χ1) is 14.1. The van der Waals surface area contributed by atoms with E-state index in [0.29, 0.717) is 13.0 Å². The molecule has 0 spiro atoms. The van der Waals surface area contributed by atoms with Crippen molar-refractivity contribution in [3.05, 3.63) is 78.1 Å². The molecule has 2 aromatic heterocycles. The van der Waals surface area contributed by atoms with Gasteiger partial charge in [-0.1, -0.05) is 42.5 Å². The zero-order valence-electron chi connectivity index (χ0n) is 16.1. The van der Waals surface area contributed by atoms with Crippen LogP contribution in [0.1, 0.15) is 28.1 Å². The molecular weight excluding hydrogens is 368 g/mol. The lowest BCUT2D eigenvalue weighted by Gasteiger charge is -2.10. The Morgan fingerprint density at radius 2 is 1.90 bits per heavy atom. The molecule has 0 unspecified atom stereocenters. The summed E-state index contributed by atoms with van der Waals surface area (Å²) in [4.78, 5) is 21.0. The summed E-state index contributed by atoms with van der Waals surface area (Å²) < 4.78 is 3.50. The Balaban J connectivity index is 1.32. The summed E-state index contributed by atoms with van der Waals surface area (Å²) in [5.74, 6) is 0.628. The molecule has 0 fully saturated rings. The first kappa shape index (κ1) is 18.8. The minimum atomic E-state index is -0.716. The smallest absolute Gasteiger partial charge is 0.290 e. The summed E-state index contributed by atoms with van der Waals surface area (Å²) in [7, 11) is 1.97. The Morgan fingerprint density at radius 1 is 1.14 bits per heavy atom. The van der Waals surface area contributed by atoms with E-state index in [0.717, 1.165) is 22.4 Å². The van der Waals surface area contributed by atoms with Crippen LogP contribution in [0.2, 0.25) is 0 Å². The zero-order valence-corrected chi connectivity index (χ0v) is 16.1. The van der Waals surface area contributed by atoms with Crippen molar-refractivity contribution < 1.29 is 9.90 Å². The van der Waals surface area contributed by atoms with Crippen molar-refractivity contribution in [2.75, 3.05) is 6.54 Å². The molecule has 0 radical (unpaired) electrons. The topological polar surface area (TPSA) is 97.9 Å². The third-order valence-electron chi connectivity index (χ3n) is 4.80. The number of fused-ring (bicyclic) bond motifs is 1. The van der Waals surface area contributed by atoms with E-state index in [1.165, 1.54) is 11.0 Å². The monoisotopic (exact) mass is 390 g/mol. The standard InChI is InChI=1S/C21H22N6O2/c1-26-17-10-6-5-9-16(17)24-19(26)11-12-22-21(29)20-23-14-27(25-20)13-18(28)15-7-3-2-4-8-15/h2-10,14,18,28H,11-13H2,1H3,(H,22,29)/t18-/m0/s1. The van der Waals surface area contributed by atoms with Crippen LogP contribution in [-0.4, -0.2) is 41.9 Å². The number of aryl methyl sites for hydroxylation is 1. The van der Waals surface area contributed by atoms with Gasteiger partial charge in [0.15, 0.2) is 0 Å². The molecule has 0 aliphatic heterocycles. The highest BCUT2D eigenvalue weighted by atomic mass is 16.3. The number of para-hydroxylation sites is 2. The quantitative estimate of drug-likeness (QED) is 0.502. The summed E-state index contributed by atoms with van der Waals surface area (Å²) in [5.41, 5.74) is 2.79. The molecule has 29 heavy (non-hydrogen) atoms. The number of nitrogens with one attached hydrogen (secondary N) is 1. The maximum Gasteiger partial charge on any atom is 0.290 e.